The summed E-state index contributed by atoms with van der Waals surface area (Å²) in [5.41, 5.74) is 11.9. The lowest BCUT2D eigenvalue weighted by Crippen LogP contribution is -2.22. The summed E-state index contributed by atoms with van der Waals surface area (Å²) < 4.78 is 5.37. The number of nitrogens with two attached hydrogens (primary N) is 2. The molecule has 0 spiro atoms. The lowest BCUT2D eigenvalue weighted by molar-refractivity contribution is -0.148. The molecule has 0 bridgehead atoms. The Bertz CT molecular complexity index is 643. The van der Waals surface area contributed by atoms with Gasteiger partial charge in [0, 0.05) is 0 Å². The predicted octanol–water partition coefficient (Wildman–Crippen LogP) is 1.91. The second-order valence-corrected chi connectivity index (χ2v) is 5.35. The van der Waals surface area contributed by atoms with Crippen molar-refractivity contribution in [2.24, 2.45) is 5.92 Å². The third-order valence-corrected chi connectivity index (χ3v) is 3.69. The van der Waals surface area contributed by atoms with Crippen molar-refractivity contribution in [2.75, 3.05) is 11.5 Å². The van der Waals surface area contributed by atoms with Crippen LogP contribution in [0.2, 0.25) is 0 Å². The first-order valence-corrected chi connectivity index (χ1v) is 7.48. The summed E-state index contributed by atoms with van der Waals surface area (Å²) in [5.74, 6) is -0.256. The molecule has 4 N–H and O–H groups in total. The van der Waals surface area contributed by atoms with E-state index in [1.54, 1.807) is 0 Å². The maximum Gasteiger partial charge on any atom is 0.314 e. The third kappa shape index (κ3) is 4.38. The van der Waals surface area contributed by atoms with Crippen molar-refractivity contribution < 1.29 is 9.53 Å². The van der Waals surface area contributed by atoms with E-state index in [9.17, 15) is 4.79 Å². The van der Waals surface area contributed by atoms with E-state index >= 15 is 0 Å². The van der Waals surface area contributed by atoms with E-state index in [1.165, 1.54) is 0 Å². The van der Waals surface area contributed by atoms with Gasteiger partial charge in [0.15, 0.2) is 12.4 Å². The topological polar surface area (TPSA) is 117 Å². The predicted molar refractivity (Wildman–Crippen MR) is 87.1 cm³/mol. The first kappa shape index (κ1) is 16.7. The van der Waals surface area contributed by atoms with Crippen LogP contribution in [0.15, 0.2) is 30.3 Å². The molecule has 0 amide bonds. The Morgan fingerprint density at radius 3 is 2.30 bits per heavy atom. The van der Waals surface area contributed by atoms with Gasteiger partial charge in [-0.25, -0.2) is 0 Å². The van der Waals surface area contributed by atoms with Crippen LogP contribution in [0.3, 0.4) is 0 Å². The van der Waals surface area contributed by atoms with E-state index in [0.717, 1.165) is 12.0 Å². The minimum Gasteiger partial charge on any atom is -0.457 e. The summed E-state index contributed by atoms with van der Waals surface area (Å²) in [6.07, 6.45) is 0.861. The van der Waals surface area contributed by atoms with Crippen LogP contribution < -0.4 is 11.5 Å². The summed E-state index contributed by atoms with van der Waals surface area (Å²) in [6, 6.07) is 9.59. The van der Waals surface area contributed by atoms with E-state index < -0.39 is 0 Å². The lowest BCUT2D eigenvalue weighted by Gasteiger charge is -2.21. The molecular formula is C16H21N5O2. The van der Waals surface area contributed by atoms with Gasteiger partial charge in [0.05, 0.1) is 5.92 Å². The fourth-order valence-electron chi connectivity index (χ4n) is 2.34. The highest BCUT2D eigenvalue weighted by molar-refractivity contribution is 5.78. The molecule has 2 aromatic rings. The molecule has 1 aromatic heterocycles. The number of hydrogen-bond donors (Lipinski definition) is 2. The highest BCUT2D eigenvalue weighted by atomic mass is 16.5. The van der Waals surface area contributed by atoms with E-state index in [4.69, 9.17) is 16.2 Å². The van der Waals surface area contributed by atoms with Gasteiger partial charge in [-0.05, 0) is 11.5 Å². The van der Waals surface area contributed by atoms with Crippen molar-refractivity contribution in [3.63, 3.8) is 0 Å². The number of benzene rings is 1. The number of anilines is 2. The van der Waals surface area contributed by atoms with Gasteiger partial charge in [0.25, 0.3) is 0 Å². The standard InChI is InChI=1S/C16H21N5O2/c1-3-10(2)13(11-7-5-4-6-8-11)14(22)23-9-12-19-15(17)21-16(18)20-12/h4-8,10,13H,3,9H2,1-2H3,(H4,17,18,19,20,21)/t10-,13+/m0/s1. The van der Waals surface area contributed by atoms with Crippen molar-refractivity contribution in [1.29, 1.82) is 0 Å². The maximum absolute atomic E-state index is 12.5. The maximum atomic E-state index is 12.5. The summed E-state index contributed by atoms with van der Waals surface area (Å²) in [5, 5.41) is 0. The average Bonchev–Trinajstić information content (AvgIpc) is 2.53. The number of esters is 1. The lowest BCUT2D eigenvalue weighted by atomic mass is 9.86. The van der Waals surface area contributed by atoms with Gasteiger partial charge in [0.1, 0.15) is 0 Å². The number of carbonyl (C=O) groups excluding carboxylic acids is 1. The zero-order valence-corrected chi connectivity index (χ0v) is 13.3. The van der Waals surface area contributed by atoms with Gasteiger partial charge in [-0.2, -0.15) is 15.0 Å². The van der Waals surface area contributed by atoms with Crippen molar-refractivity contribution >= 4 is 17.9 Å². The molecule has 2 rings (SSSR count). The molecule has 7 heteroatoms. The highest BCUT2D eigenvalue weighted by Crippen LogP contribution is 2.28. The first-order valence-electron chi connectivity index (χ1n) is 7.48. The molecule has 0 aliphatic rings. The Kier molecular flexibility index (Phi) is 5.46. The normalized spacial score (nSPS) is 13.3. The Morgan fingerprint density at radius 2 is 1.74 bits per heavy atom. The van der Waals surface area contributed by atoms with Gasteiger partial charge in [0.2, 0.25) is 11.9 Å². The Balaban J connectivity index is 2.12. The van der Waals surface area contributed by atoms with Crippen molar-refractivity contribution in [3.05, 3.63) is 41.7 Å². The molecule has 0 unspecified atom stereocenters. The van der Waals surface area contributed by atoms with Crippen LogP contribution in [0.4, 0.5) is 11.9 Å². The quantitative estimate of drug-likeness (QED) is 0.782. The molecule has 7 nitrogen and oxygen atoms in total. The monoisotopic (exact) mass is 315 g/mol. The largest absolute Gasteiger partial charge is 0.457 e. The molecule has 0 saturated carbocycles. The first-order chi connectivity index (χ1) is 11.0. The van der Waals surface area contributed by atoms with Crippen LogP contribution in [-0.2, 0) is 16.1 Å². The number of aromatic nitrogens is 3. The molecule has 122 valence electrons. The number of hydrogen-bond acceptors (Lipinski definition) is 7. The fourth-order valence-corrected chi connectivity index (χ4v) is 2.34. The van der Waals surface area contributed by atoms with Gasteiger partial charge in [-0.15, -0.1) is 0 Å². The minimum absolute atomic E-state index is 0.00471. The van der Waals surface area contributed by atoms with Gasteiger partial charge in [-0.1, -0.05) is 50.6 Å². The number of rotatable bonds is 6. The molecule has 1 aromatic carbocycles. The van der Waals surface area contributed by atoms with Crippen molar-refractivity contribution in [3.8, 4) is 0 Å². The third-order valence-electron chi connectivity index (χ3n) is 3.69. The van der Waals surface area contributed by atoms with Gasteiger partial charge in [-0.3, -0.25) is 4.79 Å². The van der Waals surface area contributed by atoms with Crippen LogP contribution in [0.1, 0.15) is 37.6 Å². The number of nitrogens with zero attached hydrogens (tertiary/aromatic N) is 3. The summed E-state index contributed by atoms with van der Waals surface area (Å²) >= 11 is 0. The Morgan fingerprint density at radius 1 is 1.13 bits per heavy atom. The molecule has 1 heterocycles. The number of ether oxygens (including phenoxy) is 1. The molecule has 2 atom stereocenters. The van der Waals surface area contributed by atoms with Crippen LogP contribution in [0.5, 0.6) is 0 Å². The molecular weight excluding hydrogens is 294 g/mol. The van der Waals surface area contributed by atoms with E-state index in [0.29, 0.717) is 0 Å². The molecule has 0 aliphatic carbocycles. The summed E-state index contributed by atoms with van der Waals surface area (Å²) in [7, 11) is 0. The van der Waals surface area contributed by atoms with Crippen molar-refractivity contribution in [1.82, 2.24) is 15.0 Å². The van der Waals surface area contributed by atoms with E-state index in [1.807, 2.05) is 44.2 Å². The smallest absolute Gasteiger partial charge is 0.314 e. The van der Waals surface area contributed by atoms with Crippen LogP contribution in [-0.4, -0.2) is 20.9 Å². The molecule has 0 fully saturated rings. The zero-order valence-electron chi connectivity index (χ0n) is 13.3. The van der Waals surface area contributed by atoms with Gasteiger partial charge >= 0.3 is 5.97 Å². The molecule has 0 radical (unpaired) electrons. The van der Waals surface area contributed by atoms with Crippen LogP contribution in [0.25, 0.3) is 0 Å². The zero-order chi connectivity index (χ0) is 16.8. The number of carbonyl (C=O) groups is 1. The summed E-state index contributed by atoms with van der Waals surface area (Å²) in [6.45, 7) is 3.98. The van der Waals surface area contributed by atoms with Crippen LogP contribution in [0, 0.1) is 5.92 Å². The minimum atomic E-state index is -0.335. The SMILES string of the molecule is CC[C@H](C)[C@@H](C(=O)OCc1nc(N)nc(N)n1)c1ccccc1. The van der Waals surface area contributed by atoms with E-state index in [2.05, 4.69) is 15.0 Å². The average molecular weight is 315 g/mol. The molecule has 0 aliphatic heterocycles. The fraction of sp³-hybridized carbons (Fsp3) is 0.375. The Labute approximate surface area is 135 Å². The summed E-state index contributed by atoms with van der Waals surface area (Å²) in [4.78, 5) is 24.0. The van der Waals surface area contributed by atoms with Crippen LogP contribution >= 0.6 is 0 Å². The number of nitrogen functional groups attached to an aromatic ring is 2. The molecule has 23 heavy (non-hydrogen) atoms. The van der Waals surface area contributed by atoms with Gasteiger partial charge < -0.3 is 16.2 Å². The molecule has 0 saturated heterocycles. The second kappa shape index (κ2) is 7.53. The Hall–Kier alpha value is -2.70. The van der Waals surface area contributed by atoms with E-state index in [-0.39, 0.29) is 42.1 Å². The van der Waals surface area contributed by atoms with Crippen molar-refractivity contribution in [2.45, 2.75) is 32.8 Å². The second-order valence-electron chi connectivity index (χ2n) is 5.35. The highest BCUT2D eigenvalue weighted by Gasteiger charge is 2.27.